The van der Waals surface area contributed by atoms with Crippen molar-refractivity contribution in [2.75, 3.05) is 18.7 Å². The fourth-order valence-corrected chi connectivity index (χ4v) is 3.27. The highest BCUT2D eigenvalue weighted by Gasteiger charge is 2.19. The van der Waals surface area contributed by atoms with Crippen LogP contribution in [0.3, 0.4) is 0 Å². The van der Waals surface area contributed by atoms with Gasteiger partial charge in [-0.05, 0) is 24.6 Å². The molecule has 0 aliphatic carbocycles. The van der Waals surface area contributed by atoms with Crippen LogP contribution in [-0.4, -0.2) is 33.4 Å². The van der Waals surface area contributed by atoms with Crippen molar-refractivity contribution >= 4 is 11.5 Å². The summed E-state index contributed by atoms with van der Waals surface area (Å²) in [5, 5.41) is 0. The van der Waals surface area contributed by atoms with Crippen molar-refractivity contribution in [3.8, 4) is 28.6 Å². The lowest BCUT2D eigenvalue weighted by atomic mass is 10.1. The van der Waals surface area contributed by atoms with E-state index in [-0.39, 0.29) is 6.79 Å². The van der Waals surface area contributed by atoms with Gasteiger partial charge in [-0.2, -0.15) is 4.98 Å². The first-order valence-electron chi connectivity index (χ1n) is 9.25. The van der Waals surface area contributed by atoms with E-state index in [0.29, 0.717) is 5.95 Å². The van der Waals surface area contributed by atoms with Crippen molar-refractivity contribution in [3.05, 3.63) is 72.9 Å². The van der Waals surface area contributed by atoms with Gasteiger partial charge in [0.25, 0.3) is 0 Å². The van der Waals surface area contributed by atoms with Crippen LogP contribution < -0.4 is 14.4 Å². The van der Waals surface area contributed by atoms with Crippen LogP contribution in [0.2, 0.25) is 0 Å². The first-order chi connectivity index (χ1) is 14.2. The number of nitrogens with zero attached hydrogens (tertiary/aromatic N) is 5. The number of rotatable bonds is 4. The summed E-state index contributed by atoms with van der Waals surface area (Å²) in [7, 11) is 1.98. The second-order valence-corrected chi connectivity index (χ2v) is 6.84. The Labute approximate surface area is 168 Å². The lowest BCUT2D eigenvalue weighted by Crippen LogP contribution is -2.14. The summed E-state index contributed by atoms with van der Waals surface area (Å²) in [4.78, 5) is 15.5. The van der Waals surface area contributed by atoms with Crippen LogP contribution in [0.5, 0.6) is 11.5 Å². The zero-order chi connectivity index (χ0) is 19.8. The standard InChI is InChI=1S/C22H19N5O2/c1-15-3-5-16(6-4-15)18-12-24-22(27-10-9-23-13-27)25-21(18)26(2)17-7-8-19-20(11-17)29-14-28-19/h3-13H,14H2,1-2H3. The average Bonchev–Trinajstić information content (AvgIpc) is 3.45. The summed E-state index contributed by atoms with van der Waals surface area (Å²) in [6.07, 6.45) is 7.07. The fourth-order valence-electron chi connectivity index (χ4n) is 3.27. The normalized spacial score (nSPS) is 12.2. The lowest BCUT2D eigenvalue weighted by Gasteiger charge is -2.22. The molecule has 0 bridgehead atoms. The molecule has 7 nitrogen and oxygen atoms in total. The second-order valence-electron chi connectivity index (χ2n) is 6.84. The molecule has 0 fully saturated rings. The Morgan fingerprint density at radius 1 is 1.03 bits per heavy atom. The number of anilines is 2. The number of fused-ring (bicyclic) bond motifs is 1. The largest absolute Gasteiger partial charge is 0.454 e. The second kappa shape index (κ2) is 6.94. The van der Waals surface area contributed by atoms with Crippen LogP contribution in [0.15, 0.2) is 67.4 Å². The van der Waals surface area contributed by atoms with Gasteiger partial charge >= 0.3 is 0 Å². The number of ether oxygens (including phenoxy) is 2. The molecule has 144 valence electrons. The van der Waals surface area contributed by atoms with Crippen molar-refractivity contribution < 1.29 is 9.47 Å². The molecule has 0 radical (unpaired) electrons. The summed E-state index contributed by atoms with van der Waals surface area (Å²) in [5.74, 6) is 2.82. The van der Waals surface area contributed by atoms with Gasteiger partial charge in [0.15, 0.2) is 11.5 Å². The molecule has 1 aliphatic rings. The highest BCUT2D eigenvalue weighted by atomic mass is 16.7. The van der Waals surface area contributed by atoms with Crippen LogP contribution in [0.25, 0.3) is 17.1 Å². The summed E-state index contributed by atoms with van der Waals surface area (Å²) in [5.41, 5.74) is 4.14. The zero-order valence-corrected chi connectivity index (χ0v) is 16.1. The van der Waals surface area contributed by atoms with Crippen LogP contribution in [0, 0.1) is 6.92 Å². The van der Waals surface area contributed by atoms with E-state index in [4.69, 9.17) is 14.5 Å². The molecule has 0 unspecified atom stereocenters. The number of aryl methyl sites for hydroxylation is 1. The molecule has 0 saturated carbocycles. The number of hydrogen-bond donors (Lipinski definition) is 0. The minimum atomic E-state index is 0.245. The first kappa shape index (κ1) is 17.2. The van der Waals surface area contributed by atoms with Gasteiger partial charge in [-0.25, -0.2) is 9.97 Å². The molecule has 3 heterocycles. The van der Waals surface area contributed by atoms with Gasteiger partial charge in [0.1, 0.15) is 12.1 Å². The smallest absolute Gasteiger partial charge is 0.236 e. The van der Waals surface area contributed by atoms with E-state index >= 15 is 0 Å². The van der Waals surface area contributed by atoms with Gasteiger partial charge in [-0.1, -0.05) is 29.8 Å². The highest BCUT2D eigenvalue weighted by molar-refractivity contribution is 5.80. The first-order valence-corrected chi connectivity index (χ1v) is 9.25. The number of imidazole rings is 1. The maximum Gasteiger partial charge on any atom is 0.236 e. The third-order valence-corrected chi connectivity index (χ3v) is 4.91. The zero-order valence-electron chi connectivity index (χ0n) is 16.1. The molecule has 2 aromatic heterocycles. The minimum Gasteiger partial charge on any atom is -0.454 e. The third kappa shape index (κ3) is 3.16. The van der Waals surface area contributed by atoms with Crippen LogP contribution in [0.4, 0.5) is 11.5 Å². The predicted molar refractivity (Wildman–Crippen MR) is 110 cm³/mol. The summed E-state index contributed by atoms with van der Waals surface area (Å²) in [6, 6.07) is 14.2. The fraction of sp³-hybridized carbons (Fsp3) is 0.136. The van der Waals surface area contributed by atoms with Crippen molar-refractivity contribution in [3.63, 3.8) is 0 Å². The maximum absolute atomic E-state index is 5.54. The van der Waals surface area contributed by atoms with Gasteiger partial charge in [-0.15, -0.1) is 0 Å². The molecular formula is C22H19N5O2. The molecule has 0 amide bonds. The Balaban J connectivity index is 1.63. The number of benzene rings is 2. The summed E-state index contributed by atoms with van der Waals surface area (Å²) >= 11 is 0. The van der Waals surface area contributed by atoms with E-state index in [1.165, 1.54) is 5.56 Å². The molecule has 0 spiro atoms. The van der Waals surface area contributed by atoms with E-state index in [9.17, 15) is 0 Å². The molecular weight excluding hydrogens is 366 g/mol. The molecule has 5 rings (SSSR count). The number of hydrogen-bond acceptors (Lipinski definition) is 6. The van der Waals surface area contributed by atoms with Crippen LogP contribution in [-0.2, 0) is 0 Å². The molecule has 0 saturated heterocycles. The van der Waals surface area contributed by atoms with E-state index < -0.39 is 0 Å². The quantitative estimate of drug-likeness (QED) is 0.526. The lowest BCUT2D eigenvalue weighted by molar-refractivity contribution is 0.174. The monoisotopic (exact) mass is 385 g/mol. The van der Waals surface area contributed by atoms with Gasteiger partial charge in [0.05, 0.1) is 0 Å². The van der Waals surface area contributed by atoms with Crippen LogP contribution in [0.1, 0.15) is 5.56 Å². The van der Waals surface area contributed by atoms with Crippen molar-refractivity contribution in [1.29, 1.82) is 0 Å². The van der Waals surface area contributed by atoms with Crippen LogP contribution >= 0.6 is 0 Å². The number of aromatic nitrogens is 4. The molecule has 29 heavy (non-hydrogen) atoms. The maximum atomic E-state index is 5.54. The van der Waals surface area contributed by atoms with Crippen molar-refractivity contribution in [2.45, 2.75) is 6.92 Å². The molecule has 0 atom stereocenters. The van der Waals surface area contributed by atoms with E-state index in [0.717, 1.165) is 34.1 Å². The topological polar surface area (TPSA) is 65.3 Å². The third-order valence-electron chi connectivity index (χ3n) is 4.91. The Bertz CT molecular complexity index is 1160. The molecule has 0 N–H and O–H groups in total. The minimum absolute atomic E-state index is 0.245. The Morgan fingerprint density at radius 2 is 1.86 bits per heavy atom. The summed E-state index contributed by atoms with van der Waals surface area (Å²) < 4.78 is 12.8. The molecule has 2 aromatic carbocycles. The average molecular weight is 385 g/mol. The molecule has 1 aliphatic heterocycles. The van der Waals surface area contributed by atoms with Crippen molar-refractivity contribution in [2.24, 2.45) is 0 Å². The van der Waals surface area contributed by atoms with Gasteiger partial charge in [0.2, 0.25) is 12.7 Å². The highest BCUT2D eigenvalue weighted by Crippen LogP contribution is 2.39. The Kier molecular flexibility index (Phi) is 4.13. The van der Waals surface area contributed by atoms with E-state index in [1.807, 2.05) is 42.5 Å². The molecule has 4 aromatic rings. The Morgan fingerprint density at radius 3 is 2.66 bits per heavy atom. The Hall–Kier alpha value is -3.87. The SMILES string of the molecule is Cc1ccc(-c2cnc(-n3ccnc3)nc2N(C)c2ccc3c(c2)OCO3)cc1. The summed E-state index contributed by atoms with van der Waals surface area (Å²) in [6.45, 7) is 2.32. The van der Waals surface area contributed by atoms with E-state index in [1.54, 1.807) is 17.1 Å². The van der Waals surface area contributed by atoms with Gasteiger partial charge in [0, 0.05) is 43.0 Å². The predicted octanol–water partition coefficient (Wildman–Crippen LogP) is 4.13. The van der Waals surface area contributed by atoms with E-state index in [2.05, 4.69) is 41.2 Å². The van der Waals surface area contributed by atoms with Gasteiger partial charge in [-0.3, -0.25) is 4.57 Å². The molecule has 7 heteroatoms. The van der Waals surface area contributed by atoms with Gasteiger partial charge < -0.3 is 14.4 Å². The van der Waals surface area contributed by atoms with Crippen molar-refractivity contribution in [1.82, 2.24) is 19.5 Å².